The van der Waals surface area contributed by atoms with Gasteiger partial charge in [0.1, 0.15) is 0 Å². The van der Waals surface area contributed by atoms with Gasteiger partial charge in [-0.3, -0.25) is 4.98 Å². The van der Waals surface area contributed by atoms with Crippen LogP contribution >= 0.6 is 0 Å². The summed E-state index contributed by atoms with van der Waals surface area (Å²) in [5.41, 5.74) is 3.78. The summed E-state index contributed by atoms with van der Waals surface area (Å²) in [5, 5.41) is 4.83. The van der Waals surface area contributed by atoms with E-state index in [1.165, 1.54) is 29.4 Å². The zero-order chi connectivity index (χ0) is 13.9. The third-order valence-corrected chi connectivity index (χ3v) is 3.92. The summed E-state index contributed by atoms with van der Waals surface area (Å²) in [7, 11) is 0. The number of para-hydroxylation sites is 1. The molecule has 0 aliphatic heterocycles. The smallest absolute Gasteiger partial charge is 0.0774 e. The first kappa shape index (κ1) is 13.3. The van der Waals surface area contributed by atoms with Gasteiger partial charge < -0.3 is 5.32 Å². The number of nitrogens with zero attached hydrogens (tertiary/aromatic N) is 1. The van der Waals surface area contributed by atoms with Crippen molar-refractivity contribution >= 4 is 17.0 Å². The predicted molar refractivity (Wildman–Crippen MR) is 85.6 cm³/mol. The van der Waals surface area contributed by atoms with Gasteiger partial charge in [0.2, 0.25) is 0 Å². The molecule has 104 valence electrons. The van der Waals surface area contributed by atoms with E-state index in [0.717, 1.165) is 18.1 Å². The van der Waals surface area contributed by atoms with Crippen LogP contribution in [0, 0.1) is 5.92 Å². The predicted octanol–water partition coefficient (Wildman–Crippen LogP) is 4.03. The molecule has 0 radical (unpaired) electrons. The Morgan fingerprint density at radius 2 is 2.10 bits per heavy atom. The largest absolute Gasteiger partial charge is 0.310 e. The van der Waals surface area contributed by atoms with Crippen LogP contribution in [0.2, 0.25) is 0 Å². The van der Waals surface area contributed by atoms with Crippen molar-refractivity contribution in [2.75, 3.05) is 6.54 Å². The monoisotopic (exact) mass is 266 g/mol. The Balaban J connectivity index is 1.92. The Bertz CT molecular complexity index is 619. The van der Waals surface area contributed by atoms with E-state index in [1.54, 1.807) is 0 Å². The molecule has 0 saturated heterocycles. The van der Waals surface area contributed by atoms with Crippen LogP contribution in [0.4, 0.5) is 0 Å². The maximum absolute atomic E-state index is 4.54. The fourth-order valence-corrected chi connectivity index (χ4v) is 2.42. The molecule has 2 heteroatoms. The third-order valence-electron chi connectivity index (χ3n) is 3.92. The molecule has 1 aromatic carbocycles. The van der Waals surface area contributed by atoms with Crippen molar-refractivity contribution < 1.29 is 0 Å². The van der Waals surface area contributed by atoms with Gasteiger partial charge in [0.15, 0.2) is 0 Å². The molecule has 0 spiro atoms. The molecular formula is C18H22N2. The van der Waals surface area contributed by atoms with E-state index in [4.69, 9.17) is 0 Å². The Morgan fingerprint density at radius 3 is 2.85 bits per heavy atom. The van der Waals surface area contributed by atoms with Gasteiger partial charge in [-0.1, -0.05) is 49.8 Å². The Labute approximate surface area is 120 Å². The first-order valence-corrected chi connectivity index (χ1v) is 7.51. The van der Waals surface area contributed by atoms with Crippen molar-refractivity contribution in [1.29, 1.82) is 0 Å². The lowest BCUT2D eigenvalue weighted by atomic mass is 9.99. The second kappa shape index (κ2) is 5.76. The van der Waals surface area contributed by atoms with Gasteiger partial charge in [-0.05, 0) is 24.8 Å². The average Bonchev–Trinajstić information content (AvgIpc) is 3.27. The maximum Gasteiger partial charge on any atom is 0.0774 e. The van der Waals surface area contributed by atoms with Crippen LogP contribution in [0.15, 0.2) is 42.1 Å². The number of benzene rings is 1. The molecule has 0 amide bonds. The van der Waals surface area contributed by atoms with Crippen LogP contribution in [-0.2, 0) is 0 Å². The molecule has 1 saturated carbocycles. The Morgan fingerprint density at radius 1 is 1.30 bits per heavy atom. The van der Waals surface area contributed by atoms with Gasteiger partial charge >= 0.3 is 0 Å². The van der Waals surface area contributed by atoms with Gasteiger partial charge in [0.05, 0.1) is 5.52 Å². The lowest BCUT2D eigenvalue weighted by molar-refractivity contribution is 0.663. The van der Waals surface area contributed by atoms with E-state index in [0.29, 0.717) is 5.92 Å². The first-order chi connectivity index (χ1) is 9.74. The summed E-state index contributed by atoms with van der Waals surface area (Å²) in [5.74, 6) is 0.556. The standard InChI is InChI=1S/C18H22N2/c1-13(2)16(12-20-17-8-9-17)11-15-6-3-5-14-7-4-10-19-18(14)15/h3-7,10-11,13,17,20H,8-9,12H2,1-2H3. The Kier molecular flexibility index (Phi) is 3.83. The van der Waals surface area contributed by atoms with Gasteiger partial charge in [-0.2, -0.15) is 0 Å². The van der Waals surface area contributed by atoms with E-state index in [2.05, 4.69) is 54.5 Å². The highest BCUT2D eigenvalue weighted by Gasteiger charge is 2.20. The second-order valence-electron chi connectivity index (χ2n) is 5.95. The third kappa shape index (κ3) is 3.07. The van der Waals surface area contributed by atoms with Crippen LogP contribution in [0.1, 0.15) is 32.3 Å². The maximum atomic E-state index is 4.54. The van der Waals surface area contributed by atoms with E-state index >= 15 is 0 Å². The molecule has 1 aliphatic rings. The number of aromatic nitrogens is 1. The molecule has 3 rings (SSSR count). The molecular weight excluding hydrogens is 244 g/mol. The lowest BCUT2D eigenvalue weighted by Crippen LogP contribution is -2.21. The fraction of sp³-hybridized carbons (Fsp3) is 0.389. The molecule has 0 atom stereocenters. The number of pyridine rings is 1. The van der Waals surface area contributed by atoms with Crippen molar-refractivity contribution in [3.63, 3.8) is 0 Å². The van der Waals surface area contributed by atoms with Crippen LogP contribution in [-0.4, -0.2) is 17.6 Å². The van der Waals surface area contributed by atoms with Gasteiger partial charge in [-0.25, -0.2) is 0 Å². The summed E-state index contributed by atoms with van der Waals surface area (Å²) in [6.45, 7) is 5.52. The number of hydrogen-bond donors (Lipinski definition) is 1. The highest BCUT2D eigenvalue weighted by molar-refractivity contribution is 5.87. The number of hydrogen-bond acceptors (Lipinski definition) is 2. The van der Waals surface area contributed by atoms with Crippen molar-refractivity contribution in [2.24, 2.45) is 5.92 Å². The van der Waals surface area contributed by atoms with E-state index in [1.807, 2.05) is 12.3 Å². The van der Waals surface area contributed by atoms with Gasteiger partial charge in [0.25, 0.3) is 0 Å². The van der Waals surface area contributed by atoms with E-state index in [9.17, 15) is 0 Å². The molecule has 1 aliphatic carbocycles. The average molecular weight is 266 g/mol. The molecule has 1 heterocycles. The lowest BCUT2D eigenvalue weighted by Gasteiger charge is -2.13. The molecule has 2 aromatic rings. The zero-order valence-corrected chi connectivity index (χ0v) is 12.3. The van der Waals surface area contributed by atoms with Crippen LogP contribution in [0.3, 0.4) is 0 Å². The van der Waals surface area contributed by atoms with Crippen LogP contribution in [0.5, 0.6) is 0 Å². The number of nitrogens with one attached hydrogen (secondary N) is 1. The molecule has 2 nitrogen and oxygen atoms in total. The van der Waals surface area contributed by atoms with Crippen molar-refractivity contribution in [2.45, 2.75) is 32.7 Å². The van der Waals surface area contributed by atoms with E-state index in [-0.39, 0.29) is 0 Å². The summed E-state index contributed by atoms with van der Waals surface area (Å²) in [4.78, 5) is 4.54. The second-order valence-corrected chi connectivity index (χ2v) is 5.95. The molecule has 0 unspecified atom stereocenters. The molecule has 1 fully saturated rings. The minimum atomic E-state index is 0.556. The summed E-state index contributed by atoms with van der Waals surface area (Å²) < 4.78 is 0. The van der Waals surface area contributed by atoms with Crippen molar-refractivity contribution in [1.82, 2.24) is 10.3 Å². The SMILES string of the molecule is CC(C)C(=Cc1cccc2cccnc12)CNC1CC1. The molecule has 0 bridgehead atoms. The molecule has 1 aromatic heterocycles. The molecule has 20 heavy (non-hydrogen) atoms. The fourth-order valence-electron chi connectivity index (χ4n) is 2.42. The quantitative estimate of drug-likeness (QED) is 0.884. The summed E-state index contributed by atoms with van der Waals surface area (Å²) in [6, 6.07) is 11.3. The van der Waals surface area contributed by atoms with Crippen LogP contribution in [0.25, 0.3) is 17.0 Å². The summed E-state index contributed by atoms with van der Waals surface area (Å²) >= 11 is 0. The number of rotatable bonds is 5. The van der Waals surface area contributed by atoms with Gasteiger partial charge in [-0.15, -0.1) is 0 Å². The summed E-state index contributed by atoms with van der Waals surface area (Å²) in [6.07, 6.45) is 6.86. The molecule has 1 N–H and O–H groups in total. The number of fused-ring (bicyclic) bond motifs is 1. The normalized spacial score (nSPS) is 16.1. The zero-order valence-electron chi connectivity index (χ0n) is 12.3. The Hall–Kier alpha value is -1.67. The van der Waals surface area contributed by atoms with Crippen LogP contribution < -0.4 is 5.32 Å². The highest BCUT2D eigenvalue weighted by atomic mass is 14.9. The topological polar surface area (TPSA) is 24.9 Å². The minimum Gasteiger partial charge on any atom is -0.310 e. The van der Waals surface area contributed by atoms with Crippen molar-refractivity contribution in [3.8, 4) is 0 Å². The highest BCUT2D eigenvalue weighted by Crippen LogP contribution is 2.23. The minimum absolute atomic E-state index is 0.556. The van der Waals surface area contributed by atoms with Gasteiger partial charge in [0, 0.05) is 29.7 Å². The first-order valence-electron chi connectivity index (χ1n) is 7.51. The van der Waals surface area contributed by atoms with E-state index < -0.39 is 0 Å². The van der Waals surface area contributed by atoms with Crippen molar-refractivity contribution in [3.05, 3.63) is 47.7 Å².